The molecule has 1 unspecified atom stereocenters. The molecule has 0 fully saturated rings. The van der Waals surface area contributed by atoms with E-state index in [0.29, 0.717) is 5.69 Å². The van der Waals surface area contributed by atoms with Crippen molar-refractivity contribution in [3.63, 3.8) is 0 Å². The Labute approximate surface area is 125 Å². The van der Waals surface area contributed by atoms with E-state index in [1.54, 1.807) is 13.1 Å². The number of anilines is 1. The molecule has 0 spiro atoms. The van der Waals surface area contributed by atoms with Crippen LogP contribution in [-0.4, -0.2) is 25.6 Å². The van der Waals surface area contributed by atoms with Crippen LogP contribution in [0.25, 0.3) is 0 Å². The van der Waals surface area contributed by atoms with Crippen molar-refractivity contribution in [2.24, 2.45) is 7.05 Å². The maximum atomic E-state index is 12.1. The molecule has 7 nitrogen and oxygen atoms in total. The number of benzene rings is 1. The van der Waals surface area contributed by atoms with Gasteiger partial charge in [-0.25, -0.2) is 4.98 Å². The highest BCUT2D eigenvalue weighted by Crippen LogP contribution is 2.22. The highest BCUT2D eigenvalue weighted by molar-refractivity contribution is 8.00. The minimum absolute atomic E-state index is 0.0107. The van der Waals surface area contributed by atoms with Gasteiger partial charge < -0.3 is 9.88 Å². The van der Waals surface area contributed by atoms with Crippen LogP contribution in [0.3, 0.4) is 0 Å². The Morgan fingerprint density at radius 1 is 1.43 bits per heavy atom. The third-order valence-electron chi connectivity index (χ3n) is 2.77. The smallest absolute Gasteiger partial charge is 0.269 e. The summed E-state index contributed by atoms with van der Waals surface area (Å²) in [4.78, 5) is 26.3. The maximum Gasteiger partial charge on any atom is 0.269 e. The van der Waals surface area contributed by atoms with Gasteiger partial charge in [0.1, 0.15) is 0 Å². The second-order valence-electron chi connectivity index (χ2n) is 4.37. The lowest BCUT2D eigenvalue weighted by Gasteiger charge is -2.11. The molecule has 110 valence electrons. The zero-order chi connectivity index (χ0) is 15.4. The van der Waals surface area contributed by atoms with Crippen molar-refractivity contribution in [3.8, 4) is 0 Å². The number of imidazole rings is 1. The zero-order valence-corrected chi connectivity index (χ0v) is 12.3. The number of non-ortho nitro benzene ring substituents is 1. The van der Waals surface area contributed by atoms with Gasteiger partial charge in [-0.3, -0.25) is 14.9 Å². The first kappa shape index (κ1) is 15.0. The average Bonchev–Trinajstić information content (AvgIpc) is 2.84. The fraction of sp³-hybridized carbons (Fsp3) is 0.231. The van der Waals surface area contributed by atoms with Gasteiger partial charge in [0, 0.05) is 37.3 Å². The lowest BCUT2D eigenvalue weighted by Crippen LogP contribution is -2.22. The molecule has 0 aliphatic heterocycles. The predicted octanol–water partition coefficient (Wildman–Crippen LogP) is 2.45. The van der Waals surface area contributed by atoms with Crippen LogP contribution in [0, 0.1) is 10.1 Å². The Hall–Kier alpha value is -2.35. The largest absolute Gasteiger partial charge is 0.329 e. The van der Waals surface area contributed by atoms with Crippen molar-refractivity contribution in [1.82, 2.24) is 9.55 Å². The van der Waals surface area contributed by atoms with Crippen molar-refractivity contribution in [2.75, 3.05) is 5.32 Å². The van der Waals surface area contributed by atoms with Gasteiger partial charge in [0.05, 0.1) is 10.2 Å². The summed E-state index contributed by atoms with van der Waals surface area (Å²) in [7, 11) is 1.86. The van der Waals surface area contributed by atoms with Gasteiger partial charge >= 0.3 is 0 Å². The van der Waals surface area contributed by atoms with Crippen LogP contribution in [0.5, 0.6) is 0 Å². The van der Waals surface area contributed by atoms with E-state index in [1.165, 1.54) is 36.0 Å². The monoisotopic (exact) mass is 306 g/mol. The summed E-state index contributed by atoms with van der Waals surface area (Å²) in [6.07, 6.45) is 3.48. The molecular weight excluding hydrogens is 292 g/mol. The summed E-state index contributed by atoms with van der Waals surface area (Å²) >= 11 is 1.34. The van der Waals surface area contributed by atoms with Gasteiger partial charge in [-0.1, -0.05) is 11.8 Å². The molecule has 1 aromatic heterocycles. The van der Waals surface area contributed by atoms with Crippen LogP contribution in [0.2, 0.25) is 0 Å². The molecule has 0 saturated heterocycles. The molecule has 0 saturated carbocycles. The number of aryl methyl sites for hydroxylation is 1. The summed E-state index contributed by atoms with van der Waals surface area (Å²) in [5, 5.41) is 13.7. The maximum absolute atomic E-state index is 12.1. The van der Waals surface area contributed by atoms with Crippen molar-refractivity contribution in [3.05, 3.63) is 46.8 Å². The fourth-order valence-corrected chi connectivity index (χ4v) is 2.42. The van der Waals surface area contributed by atoms with Crippen LogP contribution >= 0.6 is 11.8 Å². The minimum atomic E-state index is -0.481. The van der Waals surface area contributed by atoms with Gasteiger partial charge in [-0.05, 0) is 19.1 Å². The van der Waals surface area contributed by atoms with E-state index < -0.39 is 4.92 Å². The number of thioether (sulfide) groups is 1. The molecule has 0 radical (unpaired) electrons. The van der Waals surface area contributed by atoms with E-state index in [2.05, 4.69) is 10.3 Å². The van der Waals surface area contributed by atoms with E-state index >= 15 is 0 Å². The SMILES string of the molecule is CC(Sc1nccn1C)C(=O)Nc1ccc([N+](=O)[O-])cc1. The van der Waals surface area contributed by atoms with Crippen LogP contribution < -0.4 is 5.32 Å². The van der Waals surface area contributed by atoms with Crippen molar-refractivity contribution in [1.29, 1.82) is 0 Å². The Bertz CT molecular complexity index is 654. The minimum Gasteiger partial charge on any atom is -0.329 e. The quantitative estimate of drug-likeness (QED) is 0.520. The summed E-state index contributed by atoms with van der Waals surface area (Å²) in [6.45, 7) is 1.78. The summed E-state index contributed by atoms with van der Waals surface area (Å²) in [5.41, 5.74) is 0.515. The van der Waals surface area contributed by atoms with Gasteiger partial charge in [0.2, 0.25) is 5.91 Å². The van der Waals surface area contributed by atoms with Crippen molar-refractivity contribution >= 4 is 29.0 Å². The first-order chi connectivity index (χ1) is 9.97. The number of carbonyl (C=O) groups is 1. The number of aromatic nitrogens is 2. The van der Waals surface area contributed by atoms with Crippen LogP contribution in [0.15, 0.2) is 41.8 Å². The number of amides is 1. The first-order valence-electron chi connectivity index (χ1n) is 6.16. The van der Waals surface area contributed by atoms with Crippen LogP contribution in [0.1, 0.15) is 6.92 Å². The zero-order valence-electron chi connectivity index (χ0n) is 11.5. The molecular formula is C13H14N4O3S. The Kier molecular flexibility index (Phi) is 4.59. The molecule has 0 bridgehead atoms. The molecule has 1 aromatic carbocycles. The highest BCUT2D eigenvalue weighted by atomic mass is 32.2. The van der Waals surface area contributed by atoms with Gasteiger partial charge in [-0.2, -0.15) is 0 Å². The molecule has 2 aromatic rings. The van der Waals surface area contributed by atoms with Gasteiger partial charge in [0.15, 0.2) is 5.16 Å². The standard InChI is InChI=1S/C13H14N4O3S/c1-9(21-13-14-7-8-16(13)2)12(18)15-10-3-5-11(6-4-10)17(19)20/h3-9H,1-2H3,(H,15,18). The molecule has 1 N–H and O–H groups in total. The number of nitrogens with zero attached hydrogens (tertiary/aromatic N) is 3. The number of nitro benzene ring substituents is 1. The number of rotatable bonds is 5. The van der Waals surface area contributed by atoms with E-state index in [9.17, 15) is 14.9 Å². The number of hydrogen-bond acceptors (Lipinski definition) is 5. The van der Waals surface area contributed by atoms with Crippen molar-refractivity contribution in [2.45, 2.75) is 17.3 Å². The lowest BCUT2D eigenvalue weighted by molar-refractivity contribution is -0.384. The number of carbonyl (C=O) groups excluding carboxylic acids is 1. The van der Waals surface area contributed by atoms with Crippen LogP contribution in [-0.2, 0) is 11.8 Å². The first-order valence-corrected chi connectivity index (χ1v) is 7.04. The molecule has 21 heavy (non-hydrogen) atoms. The fourth-order valence-electron chi connectivity index (χ4n) is 1.59. The van der Waals surface area contributed by atoms with Crippen LogP contribution in [0.4, 0.5) is 11.4 Å². The number of nitro groups is 1. The Morgan fingerprint density at radius 2 is 2.10 bits per heavy atom. The van der Waals surface area contributed by atoms with Gasteiger partial charge in [-0.15, -0.1) is 0 Å². The molecule has 1 heterocycles. The van der Waals surface area contributed by atoms with Crippen molar-refractivity contribution < 1.29 is 9.72 Å². The van der Waals surface area contributed by atoms with E-state index in [1.807, 2.05) is 17.8 Å². The van der Waals surface area contributed by atoms with E-state index in [4.69, 9.17) is 0 Å². The second-order valence-corrected chi connectivity index (χ2v) is 5.68. The molecule has 1 amide bonds. The predicted molar refractivity (Wildman–Crippen MR) is 80.3 cm³/mol. The highest BCUT2D eigenvalue weighted by Gasteiger charge is 2.17. The topological polar surface area (TPSA) is 90.1 Å². The molecule has 0 aliphatic rings. The summed E-state index contributed by atoms with van der Waals surface area (Å²) < 4.78 is 1.83. The van der Waals surface area contributed by atoms with Gasteiger partial charge in [0.25, 0.3) is 5.69 Å². The van der Waals surface area contributed by atoms with E-state index in [-0.39, 0.29) is 16.8 Å². The average molecular weight is 306 g/mol. The molecule has 2 rings (SSSR count). The molecule has 0 aliphatic carbocycles. The number of nitrogens with one attached hydrogen (secondary N) is 1. The summed E-state index contributed by atoms with van der Waals surface area (Å²) in [5.74, 6) is -0.183. The number of hydrogen-bond donors (Lipinski definition) is 1. The van der Waals surface area contributed by atoms with E-state index in [0.717, 1.165) is 5.16 Å². The Morgan fingerprint density at radius 3 is 2.62 bits per heavy atom. The molecule has 1 atom stereocenters. The third-order valence-corrected chi connectivity index (χ3v) is 3.95. The Balaban J connectivity index is 1.97. The summed E-state index contributed by atoms with van der Waals surface area (Å²) in [6, 6.07) is 5.72. The third kappa shape index (κ3) is 3.82. The lowest BCUT2D eigenvalue weighted by atomic mass is 10.3. The second kappa shape index (κ2) is 6.40. The normalized spacial score (nSPS) is 11.9. The molecule has 8 heteroatoms.